The van der Waals surface area contributed by atoms with Gasteiger partial charge in [-0.05, 0) is 37.5 Å². The maximum absolute atomic E-state index is 12.7. The molecule has 0 saturated carbocycles. The van der Waals surface area contributed by atoms with E-state index in [1.165, 1.54) is 36.1 Å². The summed E-state index contributed by atoms with van der Waals surface area (Å²) in [5.41, 5.74) is 6.23. The van der Waals surface area contributed by atoms with E-state index < -0.39 is 60.6 Å². The summed E-state index contributed by atoms with van der Waals surface area (Å²) in [6.45, 7) is 0.814. The minimum atomic E-state index is -1.44. The highest BCUT2D eigenvalue weighted by atomic mass is 16.4. The average Bonchev–Trinajstić information content (AvgIpc) is 3.27. The first-order chi connectivity index (χ1) is 15.5. The highest BCUT2D eigenvalue weighted by Crippen LogP contribution is 2.19. The van der Waals surface area contributed by atoms with Crippen molar-refractivity contribution in [2.45, 2.75) is 56.5 Å². The van der Waals surface area contributed by atoms with Crippen LogP contribution in [0.25, 0.3) is 0 Å². The maximum Gasteiger partial charge on any atom is 0.326 e. The van der Waals surface area contributed by atoms with Crippen LogP contribution in [0.15, 0.2) is 24.3 Å². The molecule has 0 aromatic heterocycles. The number of carbonyl (C=O) groups is 4. The van der Waals surface area contributed by atoms with E-state index in [4.69, 9.17) is 5.73 Å². The lowest BCUT2D eigenvalue weighted by Gasteiger charge is -2.29. The van der Waals surface area contributed by atoms with Crippen LogP contribution in [-0.2, 0) is 25.6 Å². The number of aliphatic hydroxyl groups excluding tert-OH is 2. The molecule has 0 radical (unpaired) electrons. The van der Waals surface area contributed by atoms with Crippen molar-refractivity contribution in [3.63, 3.8) is 0 Å². The lowest BCUT2D eigenvalue weighted by molar-refractivity contribution is -0.143. The van der Waals surface area contributed by atoms with E-state index in [1.807, 2.05) is 0 Å². The molecule has 8 N–H and O–H groups in total. The van der Waals surface area contributed by atoms with Gasteiger partial charge in [-0.1, -0.05) is 12.1 Å². The predicted molar refractivity (Wildman–Crippen MR) is 115 cm³/mol. The molecule has 1 aliphatic rings. The van der Waals surface area contributed by atoms with Gasteiger partial charge in [-0.15, -0.1) is 0 Å². The molecule has 12 nitrogen and oxygen atoms in total. The molecule has 2 rings (SSSR count). The summed E-state index contributed by atoms with van der Waals surface area (Å²) in [5.74, 6) is -3.52. The molecule has 1 heterocycles. The number of benzene rings is 1. The highest BCUT2D eigenvalue weighted by Gasteiger charge is 2.38. The van der Waals surface area contributed by atoms with Crippen molar-refractivity contribution in [2.24, 2.45) is 5.73 Å². The van der Waals surface area contributed by atoms with Gasteiger partial charge < -0.3 is 41.7 Å². The number of amides is 3. The van der Waals surface area contributed by atoms with Gasteiger partial charge in [-0.3, -0.25) is 14.4 Å². The summed E-state index contributed by atoms with van der Waals surface area (Å²) in [6, 6.07) is 0.848. The standard InChI is InChI=1S/C21H30N4O8/c1-11(27)17(22)20(31)25-8-2-3-16(25)19(30)24-15(10-26)18(29)23-14(21(32)33)9-12-4-6-13(28)7-5-12/h4-7,11,14-17,26-28H,2-3,8-10,22H2,1H3,(H,23,29)(H,24,30)(H,32,33). The molecule has 1 aliphatic heterocycles. The van der Waals surface area contributed by atoms with Gasteiger partial charge in [0.15, 0.2) is 0 Å². The van der Waals surface area contributed by atoms with Crippen molar-refractivity contribution < 1.29 is 39.6 Å². The summed E-state index contributed by atoms with van der Waals surface area (Å²) < 4.78 is 0. The third-order valence-corrected chi connectivity index (χ3v) is 5.45. The Balaban J connectivity index is 2.03. The molecule has 5 unspecified atom stereocenters. The number of hydrogen-bond donors (Lipinski definition) is 7. The van der Waals surface area contributed by atoms with Crippen LogP contribution >= 0.6 is 0 Å². The minimum Gasteiger partial charge on any atom is -0.508 e. The summed E-state index contributed by atoms with van der Waals surface area (Å²) in [4.78, 5) is 50.6. The first-order valence-corrected chi connectivity index (χ1v) is 10.5. The van der Waals surface area contributed by atoms with E-state index >= 15 is 0 Å². The van der Waals surface area contributed by atoms with Crippen LogP contribution in [0.3, 0.4) is 0 Å². The number of hydrogen-bond acceptors (Lipinski definition) is 8. The second-order valence-electron chi connectivity index (χ2n) is 7.97. The number of aliphatic hydroxyl groups is 2. The normalized spacial score (nSPS) is 19.3. The van der Waals surface area contributed by atoms with Crippen molar-refractivity contribution in [1.82, 2.24) is 15.5 Å². The van der Waals surface area contributed by atoms with Gasteiger partial charge in [0.2, 0.25) is 17.7 Å². The fourth-order valence-electron chi connectivity index (χ4n) is 3.50. The third-order valence-electron chi connectivity index (χ3n) is 5.45. The average molecular weight is 466 g/mol. The van der Waals surface area contributed by atoms with Crippen molar-refractivity contribution >= 4 is 23.7 Å². The Hall–Kier alpha value is -3.22. The largest absolute Gasteiger partial charge is 0.508 e. The van der Waals surface area contributed by atoms with Crippen LogP contribution in [0, 0.1) is 0 Å². The number of aliphatic carboxylic acids is 1. The number of carbonyl (C=O) groups excluding carboxylic acids is 3. The number of likely N-dealkylation sites (tertiary alicyclic amines) is 1. The lowest BCUT2D eigenvalue weighted by Crippen LogP contribution is -2.58. The topological polar surface area (TPSA) is 203 Å². The SMILES string of the molecule is CC(O)C(N)C(=O)N1CCCC1C(=O)NC(CO)C(=O)NC(Cc1ccc(O)cc1)C(=O)O. The first kappa shape index (κ1) is 26.0. The number of nitrogens with two attached hydrogens (primary N) is 1. The third kappa shape index (κ3) is 6.88. The Bertz CT molecular complexity index is 860. The van der Waals surface area contributed by atoms with Crippen molar-refractivity contribution in [3.8, 4) is 5.75 Å². The smallest absolute Gasteiger partial charge is 0.326 e. The monoisotopic (exact) mass is 466 g/mol. The maximum atomic E-state index is 12.7. The molecule has 182 valence electrons. The Labute approximate surface area is 190 Å². The molecular formula is C21H30N4O8. The van der Waals surface area contributed by atoms with E-state index in [-0.39, 0.29) is 18.7 Å². The van der Waals surface area contributed by atoms with Crippen LogP contribution in [0.1, 0.15) is 25.3 Å². The van der Waals surface area contributed by atoms with Crippen LogP contribution in [0.5, 0.6) is 5.75 Å². The van der Waals surface area contributed by atoms with E-state index in [9.17, 15) is 39.6 Å². The van der Waals surface area contributed by atoms with Gasteiger partial charge in [-0.25, -0.2) is 4.79 Å². The summed E-state index contributed by atoms with van der Waals surface area (Å²) in [7, 11) is 0. The molecule has 1 aromatic carbocycles. The van der Waals surface area contributed by atoms with Gasteiger partial charge in [-0.2, -0.15) is 0 Å². The fraction of sp³-hybridized carbons (Fsp3) is 0.524. The van der Waals surface area contributed by atoms with Gasteiger partial charge in [0.05, 0.1) is 12.7 Å². The zero-order valence-electron chi connectivity index (χ0n) is 18.2. The molecule has 1 aromatic rings. The number of nitrogens with one attached hydrogen (secondary N) is 2. The van der Waals surface area contributed by atoms with Crippen LogP contribution in [0.2, 0.25) is 0 Å². The van der Waals surface area contributed by atoms with Crippen LogP contribution < -0.4 is 16.4 Å². The molecule has 5 atom stereocenters. The van der Waals surface area contributed by atoms with Crippen molar-refractivity contribution in [2.75, 3.05) is 13.2 Å². The fourth-order valence-corrected chi connectivity index (χ4v) is 3.50. The van der Waals surface area contributed by atoms with E-state index in [0.29, 0.717) is 18.4 Å². The van der Waals surface area contributed by atoms with Gasteiger partial charge in [0, 0.05) is 13.0 Å². The molecule has 1 fully saturated rings. The molecular weight excluding hydrogens is 436 g/mol. The number of aromatic hydroxyl groups is 1. The molecule has 12 heteroatoms. The van der Waals surface area contributed by atoms with Crippen LogP contribution in [0.4, 0.5) is 0 Å². The number of phenolic OH excluding ortho intramolecular Hbond substituents is 1. The zero-order valence-corrected chi connectivity index (χ0v) is 18.2. The summed E-state index contributed by atoms with van der Waals surface area (Å²) in [5, 5.41) is 42.6. The second-order valence-corrected chi connectivity index (χ2v) is 7.97. The summed E-state index contributed by atoms with van der Waals surface area (Å²) in [6.07, 6.45) is -0.377. The predicted octanol–water partition coefficient (Wildman–Crippen LogP) is -2.32. The van der Waals surface area contributed by atoms with E-state index in [1.54, 1.807) is 0 Å². The van der Waals surface area contributed by atoms with Gasteiger partial charge in [0.1, 0.15) is 29.9 Å². The first-order valence-electron chi connectivity index (χ1n) is 10.5. The van der Waals surface area contributed by atoms with E-state index in [2.05, 4.69) is 10.6 Å². The Kier molecular flexibility index (Phi) is 9.14. The zero-order chi connectivity index (χ0) is 24.7. The number of phenols is 1. The summed E-state index contributed by atoms with van der Waals surface area (Å²) >= 11 is 0. The molecule has 33 heavy (non-hydrogen) atoms. The molecule has 1 saturated heterocycles. The highest BCUT2D eigenvalue weighted by molar-refractivity contribution is 5.94. The molecule has 3 amide bonds. The quantitative estimate of drug-likeness (QED) is 0.197. The second kappa shape index (κ2) is 11.6. The lowest BCUT2D eigenvalue weighted by atomic mass is 10.1. The Morgan fingerprint density at radius 2 is 1.79 bits per heavy atom. The molecule has 0 bridgehead atoms. The van der Waals surface area contributed by atoms with Crippen LogP contribution in [-0.4, -0.2) is 92.4 Å². The van der Waals surface area contributed by atoms with Crippen molar-refractivity contribution in [1.29, 1.82) is 0 Å². The Morgan fingerprint density at radius 1 is 1.15 bits per heavy atom. The number of carboxylic acid groups (broad SMARTS) is 1. The number of carboxylic acids is 1. The number of rotatable bonds is 10. The molecule has 0 aliphatic carbocycles. The van der Waals surface area contributed by atoms with E-state index in [0.717, 1.165) is 0 Å². The minimum absolute atomic E-state index is 0.00607. The Morgan fingerprint density at radius 3 is 2.33 bits per heavy atom. The van der Waals surface area contributed by atoms with Crippen molar-refractivity contribution in [3.05, 3.63) is 29.8 Å². The van der Waals surface area contributed by atoms with Gasteiger partial charge >= 0.3 is 5.97 Å². The van der Waals surface area contributed by atoms with Gasteiger partial charge in [0.25, 0.3) is 0 Å². The number of nitrogens with zero attached hydrogens (tertiary/aromatic N) is 1. The molecule has 0 spiro atoms.